The van der Waals surface area contributed by atoms with Gasteiger partial charge in [0.2, 0.25) is 5.91 Å². The molecule has 0 aliphatic carbocycles. The molecule has 0 fully saturated rings. The average Bonchev–Trinajstić information content (AvgIpc) is 1.99. The summed E-state index contributed by atoms with van der Waals surface area (Å²) >= 11 is 0. The van der Waals surface area contributed by atoms with Crippen molar-refractivity contribution in [2.75, 3.05) is 12.3 Å². The monoisotopic (exact) mass is 250 g/mol. The molecule has 0 saturated carbocycles. The van der Waals surface area contributed by atoms with Crippen LogP contribution in [0.15, 0.2) is 0 Å². The molecule has 0 spiro atoms. The quantitative estimate of drug-likeness (QED) is 0.697. The van der Waals surface area contributed by atoms with Crippen LogP contribution < -0.4 is 11.1 Å². The van der Waals surface area contributed by atoms with Crippen LogP contribution in [-0.2, 0) is 14.6 Å². The number of primary amides is 1. The highest BCUT2D eigenvalue weighted by Crippen LogP contribution is 2.15. The van der Waals surface area contributed by atoms with Gasteiger partial charge in [-0.15, -0.1) is 0 Å². The molecule has 1 atom stereocenters. The van der Waals surface area contributed by atoms with Crippen LogP contribution >= 0.6 is 0 Å². The first-order valence-corrected chi connectivity index (χ1v) is 6.95. The number of rotatable bonds is 6. The number of amides is 1. The normalized spacial score (nSPS) is 14.8. The fourth-order valence-corrected chi connectivity index (χ4v) is 2.12. The fraction of sp³-hybridized carbons (Fsp3) is 0.900. The summed E-state index contributed by atoms with van der Waals surface area (Å²) in [5.41, 5.74) is 5.02. The SMILES string of the molecule is CC(CC(N)=O)NCCS(=O)(=O)C(C)(C)C. The van der Waals surface area contributed by atoms with Crippen LogP contribution in [0.4, 0.5) is 0 Å². The Morgan fingerprint density at radius 2 is 1.88 bits per heavy atom. The summed E-state index contributed by atoms with van der Waals surface area (Å²) in [7, 11) is -3.10. The molecule has 0 rings (SSSR count). The van der Waals surface area contributed by atoms with Crippen molar-refractivity contribution in [3.63, 3.8) is 0 Å². The van der Waals surface area contributed by atoms with Gasteiger partial charge < -0.3 is 11.1 Å². The molecule has 1 amide bonds. The van der Waals surface area contributed by atoms with Gasteiger partial charge in [0.1, 0.15) is 0 Å². The van der Waals surface area contributed by atoms with Crippen molar-refractivity contribution < 1.29 is 13.2 Å². The molecule has 0 radical (unpaired) electrons. The largest absolute Gasteiger partial charge is 0.370 e. The lowest BCUT2D eigenvalue weighted by atomic mass is 10.2. The zero-order valence-corrected chi connectivity index (χ0v) is 11.2. The third-order valence-electron chi connectivity index (χ3n) is 2.30. The van der Waals surface area contributed by atoms with Crippen LogP contribution in [0.2, 0.25) is 0 Å². The number of sulfone groups is 1. The van der Waals surface area contributed by atoms with Crippen molar-refractivity contribution >= 4 is 15.7 Å². The number of hydrogen-bond donors (Lipinski definition) is 2. The van der Waals surface area contributed by atoms with Gasteiger partial charge >= 0.3 is 0 Å². The van der Waals surface area contributed by atoms with Gasteiger partial charge in [-0.25, -0.2) is 8.42 Å². The smallest absolute Gasteiger partial charge is 0.218 e. The van der Waals surface area contributed by atoms with E-state index in [1.54, 1.807) is 27.7 Å². The molecule has 0 saturated heterocycles. The van der Waals surface area contributed by atoms with Crippen molar-refractivity contribution in [2.45, 2.75) is 44.9 Å². The van der Waals surface area contributed by atoms with Crippen LogP contribution in [0.25, 0.3) is 0 Å². The Kier molecular flexibility index (Phi) is 5.41. The summed E-state index contributed by atoms with van der Waals surface area (Å²) in [4.78, 5) is 10.6. The van der Waals surface area contributed by atoms with Crippen molar-refractivity contribution in [2.24, 2.45) is 5.73 Å². The first kappa shape index (κ1) is 15.4. The van der Waals surface area contributed by atoms with E-state index in [1.807, 2.05) is 0 Å². The van der Waals surface area contributed by atoms with Gasteiger partial charge in [-0.1, -0.05) is 0 Å². The summed E-state index contributed by atoms with van der Waals surface area (Å²) < 4.78 is 22.7. The fourth-order valence-electron chi connectivity index (χ4n) is 1.12. The van der Waals surface area contributed by atoms with E-state index in [4.69, 9.17) is 5.73 Å². The van der Waals surface area contributed by atoms with Crippen molar-refractivity contribution in [1.82, 2.24) is 5.32 Å². The minimum absolute atomic E-state index is 0.0690. The van der Waals surface area contributed by atoms with Crippen LogP contribution in [0.3, 0.4) is 0 Å². The molecule has 5 nitrogen and oxygen atoms in total. The standard InChI is InChI=1S/C10H22N2O3S/c1-8(7-9(11)13)12-5-6-16(14,15)10(2,3)4/h8,12H,5-7H2,1-4H3,(H2,11,13). The summed E-state index contributed by atoms with van der Waals surface area (Å²) in [6.45, 7) is 7.17. The number of nitrogens with one attached hydrogen (secondary N) is 1. The van der Waals surface area contributed by atoms with E-state index in [1.165, 1.54) is 0 Å². The second-order valence-electron chi connectivity index (χ2n) is 4.96. The predicted octanol–water partition coefficient (Wildman–Crippen LogP) is 0.0532. The minimum Gasteiger partial charge on any atom is -0.370 e. The van der Waals surface area contributed by atoms with E-state index >= 15 is 0 Å². The maximum absolute atomic E-state index is 11.7. The minimum atomic E-state index is -3.10. The van der Waals surface area contributed by atoms with Gasteiger partial charge in [-0.05, 0) is 27.7 Å². The van der Waals surface area contributed by atoms with Crippen molar-refractivity contribution in [1.29, 1.82) is 0 Å². The molecular weight excluding hydrogens is 228 g/mol. The Bertz CT molecular complexity index is 330. The highest BCUT2D eigenvalue weighted by Gasteiger charge is 2.28. The van der Waals surface area contributed by atoms with Crippen molar-refractivity contribution in [3.05, 3.63) is 0 Å². The zero-order chi connectivity index (χ0) is 13.0. The van der Waals surface area contributed by atoms with Crippen LogP contribution in [0.1, 0.15) is 34.1 Å². The predicted molar refractivity (Wildman–Crippen MR) is 64.8 cm³/mol. The molecule has 0 bridgehead atoms. The molecule has 6 heteroatoms. The van der Waals surface area contributed by atoms with Gasteiger partial charge in [-0.2, -0.15) is 0 Å². The first-order valence-electron chi connectivity index (χ1n) is 5.30. The molecule has 3 N–H and O–H groups in total. The Balaban J connectivity index is 4.05. The lowest BCUT2D eigenvalue weighted by Crippen LogP contribution is -2.38. The zero-order valence-electron chi connectivity index (χ0n) is 10.4. The van der Waals surface area contributed by atoms with E-state index in [0.29, 0.717) is 6.54 Å². The highest BCUT2D eigenvalue weighted by atomic mass is 32.2. The molecule has 1 unspecified atom stereocenters. The van der Waals surface area contributed by atoms with E-state index in [-0.39, 0.29) is 18.2 Å². The summed E-state index contributed by atoms with van der Waals surface area (Å²) in [6, 6.07) is -0.0901. The second-order valence-corrected chi connectivity index (χ2v) is 7.82. The van der Waals surface area contributed by atoms with E-state index < -0.39 is 20.5 Å². The maximum atomic E-state index is 11.7. The number of carbonyl (C=O) groups is 1. The third kappa shape index (κ3) is 5.46. The Morgan fingerprint density at radius 3 is 2.25 bits per heavy atom. The summed E-state index contributed by atoms with van der Waals surface area (Å²) in [5.74, 6) is -0.321. The van der Waals surface area contributed by atoms with Crippen LogP contribution in [0.5, 0.6) is 0 Å². The molecule has 0 aromatic heterocycles. The van der Waals surface area contributed by atoms with Gasteiger partial charge in [0.15, 0.2) is 9.84 Å². The molecule has 0 aliphatic heterocycles. The average molecular weight is 250 g/mol. The summed E-state index contributed by atoms with van der Waals surface area (Å²) in [5, 5.41) is 2.96. The van der Waals surface area contributed by atoms with Crippen molar-refractivity contribution in [3.8, 4) is 0 Å². The maximum Gasteiger partial charge on any atom is 0.218 e. The lowest BCUT2D eigenvalue weighted by molar-refractivity contribution is -0.118. The topological polar surface area (TPSA) is 89.3 Å². The molecular formula is C10H22N2O3S. The van der Waals surface area contributed by atoms with Gasteiger partial charge in [-0.3, -0.25) is 4.79 Å². The molecule has 0 aromatic rings. The molecule has 0 aliphatic rings. The Hall–Kier alpha value is -0.620. The number of carbonyl (C=O) groups excluding carboxylic acids is 1. The van der Waals surface area contributed by atoms with Gasteiger partial charge in [0.05, 0.1) is 10.5 Å². The lowest BCUT2D eigenvalue weighted by Gasteiger charge is -2.20. The van der Waals surface area contributed by atoms with Gasteiger partial charge in [0.25, 0.3) is 0 Å². The van der Waals surface area contributed by atoms with Crippen LogP contribution in [-0.4, -0.2) is 37.4 Å². The summed E-state index contributed by atoms with van der Waals surface area (Å²) in [6.07, 6.45) is 0.218. The molecule has 0 aromatic carbocycles. The second kappa shape index (κ2) is 5.63. The van der Waals surface area contributed by atoms with Gasteiger partial charge in [0, 0.05) is 19.0 Å². The Morgan fingerprint density at radius 1 is 1.38 bits per heavy atom. The van der Waals surface area contributed by atoms with Crippen LogP contribution in [0, 0.1) is 0 Å². The molecule has 96 valence electrons. The number of hydrogen-bond acceptors (Lipinski definition) is 4. The number of nitrogens with two attached hydrogens (primary N) is 1. The Labute approximate surface area is 97.7 Å². The molecule has 16 heavy (non-hydrogen) atoms. The highest BCUT2D eigenvalue weighted by molar-refractivity contribution is 7.92. The van der Waals surface area contributed by atoms with E-state index in [9.17, 15) is 13.2 Å². The molecule has 0 heterocycles. The van der Waals surface area contributed by atoms with E-state index in [2.05, 4.69) is 5.32 Å². The van der Waals surface area contributed by atoms with E-state index in [0.717, 1.165) is 0 Å². The first-order chi connectivity index (χ1) is 7.06. The third-order valence-corrected chi connectivity index (χ3v) is 4.91.